The molecule has 0 radical (unpaired) electrons. The molecule has 0 amide bonds. The van der Waals surface area contributed by atoms with Gasteiger partial charge in [0.15, 0.2) is 5.82 Å². The topological polar surface area (TPSA) is 107 Å². The molecule has 3 aromatic heterocycles. The summed E-state index contributed by atoms with van der Waals surface area (Å²) >= 11 is 1.59. The normalized spacial score (nSPS) is 12.7. The Morgan fingerprint density at radius 2 is 2.35 bits per heavy atom. The van der Waals surface area contributed by atoms with Crippen molar-refractivity contribution < 1.29 is 4.52 Å². The zero-order chi connectivity index (χ0) is 13.9. The first-order valence-electron chi connectivity index (χ1n) is 6.17. The smallest absolute Gasteiger partial charge is 0.243 e. The number of H-pyrrole nitrogens is 1. The quantitative estimate of drug-likeness (QED) is 0.735. The van der Waals surface area contributed by atoms with Gasteiger partial charge >= 0.3 is 0 Å². The summed E-state index contributed by atoms with van der Waals surface area (Å²) in [5, 5.41) is 6.92. The van der Waals surface area contributed by atoms with Crippen LogP contribution in [0.4, 0.5) is 0 Å². The maximum Gasteiger partial charge on any atom is 0.243 e. The number of aryl methyl sites for hydroxylation is 1. The van der Waals surface area contributed by atoms with E-state index in [1.165, 1.54) is 0 Å². The maximum absolute atomic E-state index is 6.04. The fourth-order valence-electron chi connectivity index (χ4n) is 1.83. The first-order valence-corrected chi connectivity index (χ1v) is 7.05. The zero-order valence-corrected chi connectivity index (χ0v) is 11.7. The van der Waals surface area contributed by atoms with Crippen LogP contribution in [-0.2, 0) is 12.8 Å². The highest BCUT2D eigenvalue weighted by Gasteiger charge is 2.16. The maximum atomic E-state index is 6.04. The first-order chi connectivity index (χ1) is 9.70. The molecule has 3 rings (SSSR count). The lowest BCUT2D eigenvalue weighted by Crippen LogP contribution is -2.14. The van der Waals surface area contributed by atoms with Crippen LogP contribution in [0.3, 0.4) is 0 Å². The molecular formula is C12H14N6OS. The second kappa shape index (κ2) is 5.51. The third-order valence-electron chi connectivity index (χ3n) is 2.77. The van der Waals surface area contributed by atoms with Crippen LogP contribution in [0.1, 0.15) is 34.2 Å². The highest BCUT2D eigenvalue weighted by molar-refractivity contribution is 7.09. The molecule has 104 valence electrons. The van der Waals surface area contributed by atoms with Crippen molar-refractivity contribution in [3.8, 4) is 0 Å². The van der Waals surface area contributed by atoms with Gasteiger partial charge in [0.25, 0.3) is 0 Å². The van der Waals surface area contributed by atoms with E-state index in [0.29, 0.717) is 24.6 Å². The lowest BCUT2D eigenvalue weighted by atomic mass is 10.2. The van der Waals surface area contributed by atoms with E-state index in [2.05, 4.69) is 25.1 Å². The first kappa shape index (κ1) is 12.9. The molecule has 0 aliphatic heterocycles. The molecule has 0 spiro atoms. The van der Waals surface area contributed by atoms with Crippen molar-refractivity contribution in [3.05, 3.63) is 46.0 Å². The lowest BCUT2D eigenvalue weighted by molar-refractivity contribution is 0.350. The Balaban J connectivity index is 1.66. The molecule has 0 unspecified atom stereocenters. The van der Waals surface area contributed by atoms with Crippen molar-refractivity contribution in [3.63, 3.8) is 0 Å². The molecule has 7 nitrogen and oxygen atoms in total. The number of nitrogens with one attached hydrogen (secondary N) is 1. The third-order valence-corrected chi connectivity index (χ3v) is 3.74. The van der Waals surface area contributed by atoms with Crippen molar-refractivity contribution >= 4 is 11.3 Å². The van der Waals surface area contributed by atoms with Gasteiger partial charge in [-0.1, -0.05) is 5.16 Å². The third kappa shape index (κ3) is 2.91. The average Bonchev–Trinajstić information content (AvgIpc) is 3.12. The molecule has 20 heavy (non-hydrogen) atoms. The van der Waals surface area contributed by atoms with Crippen LogP contribution >= 0.6 is 11.3 Å². The van der Waals surface area contributed by atoms with E-state index in [1.54, 1.807) is 23.9 Å². The van der Waals surface area contributed by atoms with E-state index < -0.39 is 0 Å². The minimum atomic E-state index is -0.338. The predicted molar refractivity (Wildman–Crippen MR) is 73.2 cm³/mol. The van der Waals surface area contributed by atoms with Crippen LogP contribution in [0.5, 0.6) is 0 Å². The summed E-state index contributed by atoms with van der Waals surface area (Å²) in [6.45, 7) is 1.96. The summed E-state index contributed by atoms with van der Waals surface area (Å²) in [5.41, 5.74) is 7.98. The number of hydrogen-bond acceptors (Lipinski definition) is 7. The molecule has 3 N–H and O–H groups in total. The fourth-order valence-corrected chi connectivity index (χ4v) is 2.60. The van der Waals surface area contributed by atoms with Crippen LogP contribution in [0, 0.1) is 6.92 Å². The van der Waals surface area contributed by atoms with E-state index >= 15 is 0 Å². The number of aromatic amines is 1. The van der Waals surface area contributed by atoms with Gasteiger partial charge in [0.1, 0.15) is 5.01 Å². The van der Waals surface area contributed by atoms with Gasteiger partial charge in [0.2, 0.25) is 5.89 Å². The molecule has 0 aliphatic rings. The minimum Gasteiger partial charge on any atom is -0.348 e. The van der Waals surface area contributed by atoms with Crippen molar-refractivity contribution in [1.82, 2.24) is 25.1 Å². The monoisotopic (exact) mass is 290 g/mol. The van der Waals surface area contributed by atoms with Gasteiger partial charge in [-0.3, -0.25) is 0 Å². The molecule has 8 heteroatoms. The summed E-state index contributed by atoms with van der Waals surface area (Å²) in [4.78, 5) is 15.6. The molecule has 0 fully saturated rings. The van der Waals surface area contributed by atoms with Gasteiger partial charge in [-0.05, 0) is 6.92 Å². The van der Waals surface area contributed by atoms with Gasteiger partial charge < -0.3 is 15.2 Å². The average molecular weight is 290 g/mol. The molecule has 0 saturated heterocycles. The molecule has 3 aromatic rings. The SMILES string of the molecule is Cc1csc(Cc2noc([C@H](N)Cc3cnc[nH]3)n2)n1. The summed E-state index contributed by atoms with van der Waals surface area (Å²) in [6.07, 6.45) is 4.50. The highest BCUT2D eigenvalue weighted by atomic mass is 32.1. The second-order valence-corrected chi connectivity index (χ2v) is 5.44. The van der Waals surface area contributed by atoms with E-state index in [1.807, 2.05) is 12.3 Å². The summed E-state index contributed by atoms with van der Waals surface area (Å²) in [7, 11) is 0. The van der Waals surface area contributed by atoms with E-state index in [0.717, 1.165) is 16.4 Å². The molecule has 3 heterocycles. The molecule has 0 bridgehead atoms. The van der Waals surface area contributed by atoms with Crippen LogP contribution < -0.4 is 5.73 Å². The van der Waals surface area contributed by atoms with E-state index in [4.69, 9.17) is 10.3 Å². The van der Waals surface area contributed by atoms with Gasteiger partial charge in [-0.25, -0.2) is 9.97 Å². The number of rotatable bonds is 5. The Hall–Kier alpha value is -2.06. The number of thiazole rings is 1. The molecule has 0 saturated carbocycles. The standard InChI is InChI=1S/C12H14N6OS/c1-7-5-20-11(16-7)3-10-17-12(19-18-10)9(13)2-8-4-14-6-15-8/h4-6,9H,2-3,13H2,1H3,(H,14,15)/t9-/m1/s1. The number of nitrogens with two attached hydrogens (primary N) is 1. The molecule has 0 aromatic carbocycles. The lowest BCUT2D eigenvalue weighted by Gasteiger charge is -2.03. The Morgan fingerprint density at radius 1 is 1.45 bits per heavy atom. The molecular weight excluding hydrogens is 276 g/mol. The van der Waals surface area contributed by atoms with Crippen LogP contribution in [0.2, 0.25) is 0 Å². The van der Waals surface area contributed by atoms with Gasteiger partial charge in [-0.15, -0.1) is 11.3 Å². The van der Waals surface area contributed by atoms with Gasteiger partial charge in [0.05, 0.1) is 18.8 Å². The van der Waals surface area contributed by atoms with Crippen molar-refractivity contribution in [2.75, 3.05) is 0 Å². The fraction of sp³-hybridized carbons (Fsp3) is 0.333. The van der Waals surface area contributed by atoms with Gasteiger partial charge in [-0.2, -0.15) is 4.98 Å². The largest absolute Gasteiger partial charge is 0.348 e. The molecule has 0 aliphatic carbocycles. The van der Waals surface area contributed by atoms with Crippen molar-refractivity contribution in [2.24, 2.45) is 5.73 Å². The summed E-state index contributed by atoms with van der Waals surface area (Å²) in [5.74, 6) is 1.04. The van der Waals surface area contributed by atoms with E-state index in [9.17, 15) is 0 Å². The van der Waals surface area contributed by atoms with Crippen molar-refractivity contribution in [1.29, 1.82) is 0 Å². The zero-order valence-electron chi connectivity index (χ0n) is 10.9. The number of aromatic nitrogens is 5. The Kier molecular flexibility index (Phi) is 3.57. The Morgan fingerprint density at radius 3 is 3.05 bits per heavy atom. The number of imidazole rings is 1. The Bertz CT molecular complexity index is 674. The van der Waals surface area contributed by atoms with Crippen molar-refractivity contribution in [2.45, 2.75) is 25.8 Å². The van der Waals surface area contributed by atoms with Crippen LogP contribution in [-0.4, -0.2) is 25.1 Å². The molecule has 1 atom stereocenters. The second-order valence-electron chi connectivity index (χ2n) is 4.50. The highest BCUT2D eigenvalue weighted by Crippen LogP contribution is 2.16. The number of nitrogens with zero attached hydrogens (tertiary/aromatic N) is 4. The summed E-state index contributed by atoms with van der Waals surface area (Å²) in [6, 6.07) is -0.338. The minimum absolute atomic E-state index is 0.338. The number of hydrogen-bond donors (Lipinski definition) is 2. The van der Waals surface area contributed by atoms with Gasteiger partial charge in [0, 0.05) is 29.4 Å². The summed E-state index contributed by atoms with van der Waals surface area (Å²) < 4.78 is 5.21. The Labute approximate surface area is 119 Å². The van der Waals surface area contributed by atoms with E-state index in [-0.39, 0.29) is 6.04 Å². The predicted octanol–water partition coefficient (Wildman–Crippen LogP) is 1.39. The van der Waals surface area contributed by atoms with Crippen LogP contribution in [0.15, 0.2) is 22.4 Å². The van der Waals surface area contributed by atoms with Crippen LogP contribution in [0.25, 0.3) is 0 Å².